The highest BCUT2D eigenvalue weighted by atomic mass is 35.5. The maximum absolute atomic E-state index is 10.2. The zero-order chi connectivity index (χ0) is 19.0. The fraction of sp³-hybridized carbons (Fsp3) is 0.526. The lowest BCUT2D eigenvalue weighted by Crippen LogP contribution is -2.44. The van der Waals surface area contributed by atoms with E-state index in [4.69, 9.17) is 26.8 Å². The Bertz CT molecular complexity index is 820. The summed E-state index contributed by atoms with van der Waals surface area (Å²) in [5.41, 5.74) is 4.32. The lowest BCUT2D eigenvalue weighted by molar-refractivity contribution is -0.259. The number of hydrogen-bond acceptors (Lipinski definition) is 6. The van der Waals surface area contributed by atoms with E-state index >= 15 is 0 Å². The van der Waals surface area contributed by atoms with E-state index in [1.165, 1.54) is 0 Å². The van der Waals surface area contributed by atoms with Crippen molar-refractivity contribution in [1.29, 1.82) is 10.5 Å². The summed E-state index contributed by atoms with van der Waals surface area (Å²) < 4.78 is 11.9. The summed E-state index contributed by atoms with van der Waals surface area (Å²) in [5, 5.41) is 20.7. The molecule has 2 N–H and O–H groups in total. The van der Waals surface area contributed by atoms with Crippen molar-refractivity contribution in [3.8, 4) is 12.1 Å². The molecule has 0 bridgehead atoms. The molecule has 1 fully saturated rings. The second-order valence-electron chi connectivity index (χ2n) is 6.60. The minimum atomic E-state index is -1.58. The van der Waals surface area contributed by atoms with E-state index in [0.29, 0.717) is 18.2 Å². The normalized spacial score (nSPS) is 30.8. The lowest BCUT2D eigenvalue weighted by Gasteiger charge is -2.32. The number of amidine groups is 1. The molecule has 1 heterocycles. The first-order valence-electron chi connectivity index (χ1n) is 8.71. The highest BCUT2D eigenvalue weighted by molar-refractivity contribution is 6.30. The summed E-state index contributed by atoms with van der Waals surface area (Å²) in [6.45, 7) is 4.59. The standard InChI is InChI=1S/C19H21ClN4O2/c1-3-8-25-19(26-9-4-2)18(12-22)15(13-6-5-7-14(20)10-13)17(18,11-21)16(23)24-19/h5-7,10,15H,3-4,8-9H2,1-2H3,(H2,23,24). The molecule has 26 heavy (non-hydrogen) atoms. The van der Waals surface area contributed by atoms with Crippen LogP contribution in [-0.2, 0) is 9.47 Å². The summed E-state index contributed by atoms with van der Waals surface area (Å²) in [4.78, 5) is 4.38. The molecule has 0 spiro atoms. The van der Waals surface area contributed by atoms with Gasteiger partial charge in [0.25, 0.3) is 5.91 Å². The molecule has 3 rings (SSSR count). The zero-order valence-corrected chi connectivity index (χ0v) is 15.6. The largest absolute Gasteiger partial charge is 0.386 e. The van der Waals surface area contributed by atoms with Gasteiger partial charge in [0, 0.05) is 10.9 Å². The fourth-order valence-corrected chi connectivity index (χ4v) is 4.22. The van der Waals surface area contributed by atoms with E-state index in [0.717, 1.165) is 18.4 Å². The molecule has 3 atom stereocenters. The molecule has 1 aromatic carbocycles. The number of nitrogens with two attached hydrogens (primary N) is 1. The maximum atomic E-state index is 10.2. The highest BCUT2D eigenvalue weighted by Crippen LogP contribution is 2.82. The first-order chi connectivity index (χ1) is 12.5. The number of hydrogen-bond donors (Lipinski definition) is 1. The van der Waals surface area contributed by atoms with Crippen molar-refractivity contribution in [1.82, 2.24) is 0 Å². The van der Waals surface area contributed by atoms with Gasteiger partial charge in [-0.25, -0.2) is 4.99 Å². The number of nitrogens with zero attached hydrogens (tertiary/aromatic N) is 3. The van der Waals surface area contributed by atoms with Gasteiger partial charge in [-0.15, -0.1) is 0 Å². The molecular weight excluding hydrogens is 352 g/mol. The third-order valence-electron chi connectivity index (χ3n) is 5.11. The summed E-state index contributed by atoms with van der Waals surface area (Å²) >= 11 is 6.14. The monoisotopic (exact) mass is 372 g/mol. The number of aliphatic imine (C=N–C) groups is 1. The van der Waals surface area contributed by atoms with Crippen LogP contribution in [-0.4, -0.2) is 25.0 Å². The first kappa shape index (κ1) is 18.7. The second kappa shape index (κ2) is 6.55. The summed E-state index contributed by atoms with van der Waals surface area (Å²) in [5.74, 6) is -2.02. The summed E-state index contributed by atoms with van der Waals surface area (Å²) in [7, 11) is 0. The van der Waals surface area contributed by atoms with E-state index < -0.39 is 22.7 Å². The predicted octanol–water partition coefficient (Wildman–Crippen LogP) is 3.33. The number of benzene rings is 1. The van der Waals surface area contributed by atoms with Crippen LogP contribution in [0.15, 0.2) is 29.3 Å². The van der Waals surface area contributed by atoms with Crippen LogP contribution in [0.4, 0.5) is 0 Å². The van der Waals surface area contributed by atoms with Gasteiger partial charge < -0.3 is 15.2 Å². The van der Waals surface area contributed by atoms with Crippen molar-refractivity contribution in [2.75, 3.05) is 13.2 Å². The molecule has 0 aromatic heterocycles. The van der Waals surface area contributed by atoms with Crippen molar-refractivity contribution in [3.63, 3.8) is 0 Å². The van der Waals surface area contributed by atoms with Crippen molar-refractivity contribution in [3.05, 3.63) is 34.9 Å². The summed E-state index contributed by atoms with van der Waals surface area (Å²) in [6.07, 6.45) is 1.44. The summed E-state index contributed by atoms with van der Waals surface area (Å²) in [6, 6.07) is 11.7. The molecule has 1 aliphatic heterocycles. The van der Waals surface area contributed by atoms with Crippen LogP contribution in [0.25, 0.3) is 0 Å². The van der Waals surface area contributed by atoms with E-state index in [1.807, 2.05) is 19.9 Å². The molecule has 2 aliphatic rings. The molecule has 0 amide bonds. The van der Waals surface area contributed by atoms with Crippen LogP contribution >= 0.6 is 11.6 Å². The minimum absolute atomic E-state index is 0.0822. The highest BCUT2D eigenvalue weighted by Gasteiger charge is 2.93. The van der Waals surface area contributed by atoms with Gasteiger partial charge in [-0.3, -0.25) is 0 Å². The topological polar surface area (TPSA) is 104 Å². The van der Waals surface area contributed by atoms with E-state index in [-0.39, 0.29) is 5.84 Å². The molecule has 1 aliphatic carbocycles. The lowest BCUT2D eigenvalue weighted by atomic mass is 9.93. The fourth-order valence-electron chi connectivity index (χ4n) is 4.03. The van der Waals surface area contributed by atoms with Gasteiger partial charge >= 0.3 is 0 Å². The zero-order valence-electron chi connectivity index (χ0n) is 14.8. The molecule has 3 unspecified atom stereocenters. The molecule has 0 radical (unpaired) electrons. The average Bonchev–Trinajstić information content (AvgIpc) is 3.23. The second-order valence-corrected chi connectivity index (χ2v) is 7.04. The maximum Gasteiger partial charge on any atom is 0.293 e. The Balaban J connectivity index is 2.17. The van der Waals surface area contributed by atoms with Crippen LogP contribution in [0.2, 0.25) is 5.02 Å². The van der Waals surface area contributed by atoms with Crippen LogP contribution in [0.1, 0.15) is 38.2 Å². The number of ether oxygens (including phenoxy) is 2. The number of halogens is 1. The Hall–Kier alpha value is -2.12. The molecular formula is C19H21ClN4O2. The van der Waals surface area contributed by atoms with Crippen molar-refractivity contribution < 1.29 is 9.47 Å². The van der Waals surface area contributed by atoms with E-state index in [2.05, 4.69) is 17.1 Å². The van der Waals surface area contributed by atoms with E-state index in [9.17, 15) is 10.5 Å². The number of nitriles is 2. The van der Waals surface area contributed by atoms with Gasteiger partial charge in [-0.05, 0) is 30.5 Å². The van der Waals surface area contributed by atoms with Gasteiger partial charge in [0.1, 0.15) is 11.3 Å². The quantitative estimate of drug-likeness (QED) is 0.739. The Kier molecular flexibility index (Phi) is 4.71. The van der Waals surface area contributed by atoms with Crippen LogP contribution in [0, 0.1) is 33.5 Å². The molecule has 136 valence electrons. The Labute approximate surface area is 158 Å². The van der Waals surface area contributed by atoms with Gasteiger partial charge in [-0.2, -0.15) is 10.5 Å². The SMILES string of the molecule is CCCOC1(OCCC)N=C(N)C2(C#N)C(c3cccc(Cl)c3)C12C#N. The van der Waals surface area contributed by atoms with Crippen molar-refractivity contribution in [2.45, 2.75) is 38.5 Å². The van der Waals surface area contributed by atoms with Crippen molar-refractivity contribution >= 4 is 17.4 Å². The van der Waals surface area contributed by atoms with Crippen LogP contribution < -0.4 is 5.73 Å². The van der Waals surface area contributed by atoms with Gasteiger partial charge in [0.15, 0.2) is 5.41 Å². The number of rotatable bonds is 7. The molecule has 0 saturated heterocycles. The van der Waals surface area contributed by atoms with E-state index in [1.54, 1.807) is 18.2 Å². The van der Waals surface area contributed by atoms with Gasteiger partial charge in [0.05, 0.1) is 25.4 Å². The third-order valence-corrected chi connectivity index (χ3v) is 5.35. The smallest absolute Gasteiger partial charge is 0.293 e. The molecule has 7 heteroatoms. The first-order valence-corrected chi connectivity index (χ1v) is 9.09. The Morgan fingerprint density at radius 1 is 1.19 bits per heavy atom. The Morgan fingerprint density at radius 3 is 2.35 bits per heavy atom. The molecule has 1 aromatic rings. The van der Waals surface area contributed by atoms with Crippen molar-refractivity contribution in [2.24, 2.45) is 21.6 Å². The Morgan fingerprint density at radius 2 is 1.85 bits per heavy atom. The minimum Gasteiger partial charge on any atom is -0.386 e. The predicted molar refractivity (Wildman–Crippen MR) is 97.1 cm³/mol. The average molecular weight is 373 g/mol. The third kappa shape index (κ3) is 2.13. The van der Waals surface area contributed by atoms with Crippen LogP contribution in [0.5, 0.6) is 0 Å². The number of fused-ring (bicyclic) bond motifs is 1. The van der Waals surface area contributed by atoms with Gasteiger partial charge in [0.2, 0.25) is 0 Å². The molecule has 6 nitrogen and oxygen atoms in total. The van der Waals surface area contributed by atoms with Gasteiger partial charge in [-0.1, -0.05) is 37.6 Å². The van der Waals surface area contributed by atoms with Crippen LogP contribution in [0.3, 0.4) is 0 Å². The molecule has 1 saturated carbocycles.